The molecule has 1 atom stereocenters. The van der Waals surface area contributed by atoms with Gasteiger partial charge in [0.25, 0.3) is 5.56 Å². The van der Waals surface area contributed by atoms with Crippen molar-refractivity contribution in [2.75, 3.05) is 19.7 Å². The lowest BCUT2D eigenvalue weighted by Crippen LogP contribution is -2.39. The molecule has 0 spiro atoms. The lowest BCUT2D eigenvalue weighted by atomic mass is 10.1. The van der Waals surface area contributed by atoms with Crippen LogP contribution in [0.1, 0.15) is 41.3 Å². The number of hydrogen-bond donors (Lipinski definition) is 1. The number of rotatable bonds is 9. The first kappa shape index (κ1) is 26.4. The summed E-state index contributed by atoms with van der Waals surface area (Å²) in [4.78, 5) is 39.8. The van der Waals surface area contributed by atoms with E-state index in [1.54, 1.807) is 22.9 Å². The van der Waals surface area contributed by atoms with E-state index in [4.69, 9.17) is 26.1 Å². The molecule has 12 heteroatoms. The highest BCUT2D eigenvalue weighted by Gasteiger charge is 2.26. The third-order valence-corrected chi connectivity index (χ3v) is 7.56. The predicted octanol–water partition coefficient (Wildman–Crippen LogP) is 3.22. The number of carboxylic acids is 1. The van der Waals surface area contributed by atoms with Gasteiger partial charge < -0.3 is 23.7 Å². The van der Waals surface area contributed by atoms with Crippen molar-refractivity contribution in [2.45, 2.75) is 51.1 Å². The lowest BCUT2D eigenvalue weighted by molar-refractivity contribution is -0.0593. The van der Waals surface area contributed by atoms with Gasteiger partial charge in [-0.3, -0.25) is 9.69 Å². The van der Waals surface area contributed by atoms with E-state index in [0.29, 0.717) is 41.7 Å². The number of halogens is 1. The van der Waals surface area contributed by atoms with E-state index in [1.165, 1.54) is 12.1 Å². The topological polar surface area (TPSA) is 125 Å². The third kappa shape index (κ3) is 5.86. The SMILES string of the molecule is O=C(O)c1ccc2nc(CN3CCC(Oc4cccc(Cn5ccc(Cl)cc5=O)n4)CC3)n(C[C@@H]3CCO3)c2n1. The fraction of sp³-hybridized carbons (Fsp3) is 0.393. The molecule has 0 unspecified atom stereocenters. The Kier molecular flexibility index (Phi) is 7.50. The minimum atomic E-state index is -1.06. The Balaban J connectivity index is 1.09. The molecule has 0 amide bonds. The minimum absolute atomic E-state index is 0.00518. The molecule has 4 aromatic heterocycles. The summed E-state index contributed by atoms with van der Waals surface area (Å²) in [6.45, 7) is 3.95. The van der Waals surface area contributed by atoms with Gasteiger partial charge in [0.1, 0.15) is 17.4 Å². The maximum absolute atomic E-state index is 12.2. The van der Waals surface area contributed by atoms with Crippen molar-refractivity contribution in [1.29, 1.82) is 0 Å². The molecule has 4 aromatic rings. The fourth-order valence-electron chi connectivity index (χ4n) is 5.07. The van der Waals surface area contributed by atoms with Gasteiger partial charge >= 0.3 is 5.97 Å². The second-order valence-electron chi connectivity index (χ2n) is 10.1. The highest BCUT2D eigenvalue weighted by atomic mass is 35.5. The van der Waals surface area contributed by atoms with E-state index in [1.807, 2.05) is 22.8 Å². The summed E-state index contributed by atoms with van der Waals surface area (Å²) in [5, 5.41) is 9.82. The zero-order valence-electron chi connectivity index (χ0n) is 21.8. The minimum Gasteiger partial charge on any atom is -0.477 e. The molecule has 0 aliphatic carbocycles. The average molecular weight is 565 g/mol. The van der Waals surface area contributed by atoms with Crippen LogP contribution >= 0.6 is 11.6 Å². The fourth-order valence-corrected chi connectivity index (χ4v) is 5.22. The smallest absolute Gasteiger partial charge is 0.354 e. The maximum Gasteiger partial charge on any atom is 0.354 e. The number of fused-ring (bicyclic) bond motifs is 1. The van der Waals surface area contributed by atoms with Crippen LogP contribution < -0.4 is 10.3 Å². The number of carbonyl (C=O) groups is 1. The van der Waals surface area contributed by atoms with Gasteiger partial charge in [-0.25, -0.2) is 19.7 Å². The number of aromatic nitrogens is 5. The summed E-state index contributed by atoms with van der Waals surface area (Å²) >= 11 is 5.90. The van der Waals surface area contributed by atoms with Crippen LogP contribution in [0.4, 0.5) is 0 Å². The first-order valence-electron chi connectivity index (χ1n) is 13.3. The molecule has 40 heavy (non-hydrogen) atoms. The highest BCUT2D eigenvalue weighted by Crippen LogP contribution is 2.24. The number of piperidine rings is 1. The normalized spacial score (nSPS) is 18.1. The Bertz CT molecular complexity index is 1590. The number of pyridine rings is 3. The largest absolute Gasteiger partial charge is 0.477 e. The van der Waals surface area contributed by atoms with Gasteiger partial charge in [-0.1, -0.05) is 17.7 Å². The molecule has 208 valence electrons. The standard InChI is InChI=1S/C28H29ClN6O5/c29-18-6-12-34(26(36)14-18)15-19-2-1-3-25(30-19)40-20-7-10-33(11-8-20)17-24-31-22-4-5-23(28(37)38)32-27(22)35(24)16-21-9-13-39-21/h1-6,12,14,20-21H,7-11,13,15-17H2,(H,37,38)/t21-/m0/s1. The van der Waals surface area contributed by atoms with Gasteiger partial charge in [0.2, 0.25) is 5.88 Å². The van der Waals surface area contributed by atoms with Crippen LogP contribution in [-0.2, 0) is 24.4 Å². The van der Waals surface area contributed by atoms with Gasteiger partial charge in [0.05, 0.1) is 31.4 Å². The summed E-state index contributed by atoms with van der Waals surface area (Å²) in [6, 6.07) is 11.9. The Morgan fingerprint density at radius 1 is 1.07 bits per heavy atom. The third-order valence-electron chi connectivity index (χ3n) is 7.33. The van der Waals surface area contributed by atoms with Crippen LogP contribution in [0.15, 0.2) is 53.5 Å². The van der Waals surface area contributed by atoms with Gasteiger partial charge in [0, 0.05) is 43.0 Å². The van der Waals surface area contributed by atoms with Crippen LogP contribution in [0.25, 0.3) is 11.2 Å². The summed E-state index contributed by atoms with van der Waals surface area (Å²) in [7, 11) is 0. The highest BCUT2D eigenvalue weighted by molar-refractivity contribution is 6.30. The lowest BCUT2D eigenvalue weighted by Gasteiger charge is -2.32. The van der Waals surface area contributed by atoms with Gasteiger partial charge in [-0.2, -0.15) is 0 Å². The summed E-state index contributed by atoms with van der Waals surface area (Å²) < 4.78 is 15.4. The number of aromatic carboxylic acids is 1. The molecule has 2 saturated heterocycles. The molecule has 0 aromatic carbocycles. The summed E-state index contributed by atoms with van der Waals surface area (Å²) in [6.07, 6.45) is 4.40. The van der Waals surface area contributed by atoms with Crippen molar-refractivity contribution in [3.8, 4) is 5.88 Å². The van der Waals surface area contributed by atoms with E-state index in [-0.39, 0.29) is 23.5 Å². The van der Waals surface area contributed by atoms with Gasteiger partial charge in [-0.05, 0) is 43.5 Å². The monoisotopic (exact) mass is 564 g/mol. The number of imidazole rings is 1. The number of nitrogens with zero attached hydrogens (tertiary/aromatic N) is 6. The van der Waals surface area contributed by atoms with Crippen LogP contribution in [0.2, 0.25) is 5.02 Å². The van der Waals surface area contributed by atoms with E-state index in [9.17, 15) is 14.7 Å². The maximum atomic E-state index is 12.2. The molecule has 2 aliphatic heterocycles. The molecule has 0 saturated carbocycles. The molecular formula is C28H29ClN6O5. The molecule has 2 aliphatic rings. The zero-order chi connectivity index (χ0) is 27.6. The Morgan fingerprint density at radius 2 is 1.90 bits per heavy atom. The molecule has 1 N–H and O–H groups in total. The van der Waals surface area contributed by atoms with Gasteiger partial charge in [-0.15, -0.1) is 0 Å². The van der Waals surface area contributed by atoms with Crippen molar-refractivity contribution in [3.05, 3.63) is 81.3 Å². The second-order valence-corrected chi connectivity index (χ2v) is 10.6. The molecule has 2 fully saturated rings. The van der Waals surface area contributed by atoms with Crippen LogP contribution in [0.3, 0.4) is 0 Å². The predicted molar refractivity (Wildman–Crippen MR) is 147 cm³/mol. The van der Waals surface area contributed by atoms with E-state index in [0.717, 1.165) is 50.5 Å². The molecule has 0 radical (unpaired) electrons. The van der Waals surface area contributed by atoms with Crippen molar-refractivity contribution in [2.24, 2.45) is 0 Å². The van der Waals surface area contributed by atoms with E-state index < -0.39 is 5.97 Å². The molecule has 6 heterocycles. The van der Waals surface area contributed by atoms with Crippen molar-refractivity contribution in [1.82, 2.24) is 29.0 Å². The number of ether oxygens (including phenoxy) is 2. The number of likely N-dealkylation sites (tertiary alicyclic amines) is 1. The Labute approximate surface area is 235 Å². The van der Waals surface area contributed by atoms with E-state index in [2.05, 4.69) is 14.9 Å². The van der Waals surface area contributed by atoms with Gasteiger partial charge in [0.15, 0.2) is 11.3 Å². The molecule has 0 bridgehead atoms. The van der Waals surface area contributed by atoms with Crippen molar-refractivity contribution >= 4 is 28.7 Å². The quantitative estimate of drug-likeness (QED) is 0.326. The first-order valence-corrected chi connectivity index (χ1v) is 13.7. The summed E-state index contributed by atoms with van der Waals surface area (Å²) in [5.74, 6) is 0.337. The van der Waals surface area contributed by atoms with Crippen LogP contribution in [0.5, 0.6) is 5.88 Å². The zero-order valence-corrected chi connectivity index (χ0v) is 22.5. The second kappa shape index (κ2) is 11.4. The van der Waals surface area contributed by atoms with Crippen LogP contribution in [0, 0.1) is 0 Å². The first-order chi connectivity index (χ1) is 19.4. The van der Waals surface area contributed by atoms with Crippen molar-refractivity contribution in [3.63, 3.8) is 0 Å². The Hall–Kier alpha value is -3.80. The molecule has 6 rings (SSSR count). The van der Waals surface area contributed by atoms with E-state index >= 15 is 0 Å². The number of carboxylic acid groups (broad SMARTS) is 1. The van der Waals surface area contributed by atoms with Crippen LogP contribution in [-0.4, -0.2) is 72.0 Å². The summed E-state index contributed by atoms with van der Waals surface area (Å²) in [5.41, 5.74) is 1.82. The Morgan fingerprint density at radius 3 is 2.62 bits per heavy atom. The average Bonchev–Trinajstić information content (AvgIpc) is 3.25. The van der Waals surface area contributed by atoms with Crippen molar-refractivity contribution < 1.29 is 19.4 Å². The molecule has 11 nitrogen and oxygen atoms in total. The number of hydrogen-bond acceptors (Lipinski definition) is 8. The molecular weight excluding hydrogens is 536 g/mol.